The fourth-order valence-corrected chi connectivity index (χ4v) is 33.3. The van der Waals surface area contributed by atoms with Crippen molar-refractivity contribution in [3.05, 3.63) is 0 Å². The topological polar surface area (TPSA) is 0 Å². The van der Waals surface area contributed by atoms with Crippen molar-refractivity contribution in [1.82, 2.24) is 0 Å². The van der Waals surface area contributed by atoms with Gasteiger partial charge in [-0.2, -0.15) is 44.3 Å². The van der Waals surface area contributed by atoms with Gasteiger partial charge < -0.3 is 0 Å². The fourth-order valence-electron chi connectivity index (χ4n) is 1.02. The van der Waals surface area contributed by atoms with Gasteiger partial charge in [0.15, 0.2) is 0 Å². The minimum absolute atomic E-state index is 0.542. The molecule has 0 saturated carbocycles. The van der Waals surface area contributed by atoms with Crippen molar-refractivity contribution in [2.45, 2.75) is 23.4 Å². The van der Waals surface area contributed by atoms with Crippen molar-refractivity contribution in [2.24, 2.45) is 0 Å². The van der Waals surface area contributed by atoms with E-state index >= 15 is 0 Å². The summed E-state index contributed by atoms with van der Waals surface area (Å²) in [7, 11) is -3.56. The smallest absolute Gasteiger partial charge is 0.151 e. The Morgan fingerprint density at radius 2 is 0.875 bits per heavy atom. The molecule has 0 aromatic rings. The van der Waals surface area contributed by atoms with Crippen LogP contribution in [0, 0.1) is 0 Å². The summed E-state index contributed by atoms with van der Waals surface area (Å²) in [5.41, 5.74) is 1.08. The van der Waals surface area contributed by atoms with Crippen LogP contribution >= 0.6 is 88.6 Å². The maximum Gasteiger partial charge on any atom is 0.250 e. The lowest BCUT2D eigenvalue weighted by Crippen LogP contribution is -2.30. The summed E-state index contributed by atoms with van der Waals surface area (Å²) < 4.78 is 0. The lowest BCUT2D eigenvalue weighted by molar-refractivity contribution is 1.36. The second kappa shape index (κ2) is 8.47. The van der Waals surface area contributed by atoms with E-state index in [9.17, 15) is 0 Å². The van der Waals surface area contributed by atoms with Crippen molar-refractivity contribution >= 4 is 117 Å². The molecule has 0 N–H and O–H groups in total. The molecule has 0 radical (unpaired) electrons. The Labute approximate surface area is 139 Å². The Kier molecular flexibility index (Phi) is 10.2. The van der Waals surface area contributed by atoms with Gasteiger partial charge in [0.1, 0.15) is 0 Å². The van der Waals surface area contributed by atoms with Crippen LogP contribution < -0.4 is 0 Å². The van der Waals surface area contributed by atoms with Crippen LogP contribution in [-0.2, 0) is 0 Å². The van der Waals surface area contributed by atoms with E-state index in [1.54, 1.807) is 0 Å². The molecule has 12 heteroatoms. The van der Waals surface area contributed by atoms with Gasteiger partial charge in [0.05, 0.1) is 0 Å². The highest BCUT2D eigenvalue weighted by atomic mass is 35.7. The third kappa shape index (κ3) is 11.1. The molecular formula is C4H10Cl8Si4. The Balaban J connectivity index is 4.11. The molecule has 0 aromatic carbocycles. The first-order valence-electron chi connectivity index (χ1n) is 4.36. The van der Waals surface area contributed by atoms with E-state index in [1.807, 2.05) is 0 Å². The summed E-state index contributed by atoms with van der Waals surface area (Å²) in [6.45, 7) is -4.78. The van der Waals surface area contributed by atoms with Gasteiger partial charge in [0, 0.05) is 0 Å². The standard InChI is InChI=1S/C4H10Cl8Si4/c5-13(6)3-15(9,10)1-2-16(11,12)4-14(7)8/h13-14H,1-4H2. The lowest BCUT2D eigenvalue weighted by atomic mass is 10.9. The number of hydrogen-bond acceptors (Lipinski definition) is 0. The minimum atomic E-state index is -2.39. The second-order valence-electron chi connectivity index (χ2n) is 3.40. The summed E-state index contributed by atoms with van der Waals surface area (Å²) >= 11 is 47.9. The molecule has 0 atom stereocenters. The van der Waals surface area contributed by atoms with Crippen LogP contribution in [0.25, 0.3) is 0 Å². The summed E-state index contributed by atoms with van der Waals surface area (Å²) in [6, 6.07) is 1.21. The third-order valence-corrected chi connectivity index (χ3v) is 24.9. The summed E-state index contributed by atoms with van der Waals surface area (Å²) in [5, 5.41) is 0. The van der Waals surface area contributed by atoms with Crippen LogP contribution in [0.4, 0.5) is 0 Å². The fraction of sp³-hybridized carbons (Fsp3) is 1.00. The largest absolute Gasteiger partial charge is 0.250 e. The summed E-state index contributed by atoms with van der Waals surface area (Å²) in [4.78, 5) is 0. The van der Waals surface area contributed by atoms with Gasteiger partial charge in [-0.05, 0) is 23.4 Å². The zero-order valence-electron chi connectivity index (χ0n) is 8.01. The quantitative estimate of drug-likeness (QED) is 0.362. The Morgan fingerprint density at radius 3 is 1.06 bits per heavy atom. The Bertz CT molecular complexity index is 186. The van der Waals surface area contributed by atoms with E-state index < -0.39 is 28.2 Å². The van der Waals surface area contributed by atoms with Gasteiger partial charge in [-0.3, -0.25) is 0 Å². The zero-order chi connectivity index (χ0) is 13.0. The van der Waals surface area contributed by atoms with E-state index in [0.29, 0.717) is 23.4 Å². The molecule has 0 heterocycles. The van der Waals surface area contributed by atoms with Gasteiger partial charge >= 0.3 is 0 Å². The highest BCUT2D eigenvalue weighted by Gasteiger charge is 2.38. The van der Waals surface area contributed by atoms with E-state index in [2.05, 4.69) is 0 Å². The highest BCUT2D eigenvalue weighted by molar-refractivity contribution is 7.54. The van der Waals surface area contributed by atoms with Gasteiger partial charge in [-0.25, -0.2) is 0 Å². The number of hydrogen-bond donors (Lipinski definition) is 0. The molecule has 0 aliphatic rings. The predicted octanol–water partition coefficient (Wildman–Crippen LogP) is 5.30. The predicted molar refractivity (Wildman–Crippen MR) is 91.9 cm³/mol. The van der Waals surface area contributed by atoms with Crippen molar-refractivity contribution < 1.29 is 0 Å². The molecule has 0 saturated heterocycles. The molecule has 98 valence electrons. The molecular weight excluding hydrogens is 444 g/mol. The van der Waals surface area contributed by atoms with Gasteiger partial charge in [0.25, 0.3) is 13.4 Å². The number of halogens is 8. The summed E-state index contributed by atoms with van der Waals surface area (Å²) in [6.07, 6.45) is 0. The van der Waals surface area contributed by atoms with Crippen LogP contribution in [0.2, 0.25) is 23.4 Å². The maximum atomic E-state index is 6.19. The van der Waals surface area contributed by atoms with Crippen LogP contribution in [0.1, 0.15) is 0 Å². The van der Waals surface area contributed by atoms with E-state index in [1.165, 1.54) is 0 Å². The average molecular weight is 454 g/mol. The minimum Gasteiger partial charge on any atom is -0.151 e. The molecule has 0 aliphatic heterocycles. The van der Waals surface area contributed by atoms with Gasteiger partial charge in [-0.1, -0.05) is 0 Å². The number of rotatable bonds is 7. The van der Waals surface area contributed by atoms with Crippen molar-refractivity contribution in [3.63, 3.8) is 0 Å². The molecule has 0 bridgehead atoms. The normalized spacial score (nSPS) is 13.9. The molecule has 16 heavy (non-hydrogen) atoms. The first-order chi connectivity index (χ1) is 7.04. The monoisotopic (exact) mass is 450 g/mol. The van der Waals surface area contributed by atoms with Crippen LogP contribution in [-0.4, -0.2) is 28.2 Å². The van der Waals surface area contributed by atoms with E-state index in [-0.39, 0.29) is 0 Å². The second-order valence-corrected chi connectivity index (χ2v) is 30.2. The molecule has 0 aliphatic carbocycles. The van der Waals surface area contributed by atoms with Crippen molar-refractivity contribution in [1.29, 1.82) is 0 Å². The molecule has 0 unspecified atom stereocenters. The van der Waals surface area contributed by atoms with Crippen molar-refractivity contribution in [3.8, 4) is 0 Å². The van der Waals surface area contributed by atoms with Crippen molar-refractivity contribution in [2.75, 3.05) is 0 Å². The first kappa shape index (κ1) is 19.2. The molecule has 0 fully saturated rings. The third-order valence-electron chi connectivity index (χ3n) is 1.76. The zero-order valence-corrected chi connectivity index (χ0v) is 18.4. The SMILES string of the molecule is Cl[SiH](Cl)C[Si](Cl)(Cl)CC[Si](Cl)(Cl)C[SiH](Cl)Cl. The molecule has 0 spiro atoms. The Hall–Kier alpha value is 3.19. The Morgan fingerprint density at radius 1 is 0.625 bits per heavy atom. The maximum absolute atomic E-state index is 6.19. The van der Waals surface area contributed by atoms with Crippen LogP contribution in [0.3, 0.4) is 0 Å². The van der Waals surface area contributed by atoms with E-state index in [4.69, 9.17) is 88.6 Å². The van der Waals surface area contributed by atoms with E-state index in [0.717, 1.165) is 0 Å². The molecule has 0 rings (SSSR count). The molecule has 0 amide bonds. The first-order valence-corrected chi connectivity index (χ1v) is 21.9. The highest BCUT2D eigenvalue weighted by Crippen LogP contribution is 2.37. The molecule has 0 nitrogen and oxygen atoms in total. The lowest BCUT2D eigenvalue weighted by Gasteiger charge is -2.21. The van der Waals surface area contributed by atoms with Gasteiger partial charge in [0.2, 0.25) is 14.8 Å². The van der Waals surface area contributed by atoms with Gasteiger partial charge in [-0.15, -0.1) is 44.3 Å². The average Bonchev–Trinajstić information content (AvgIpc) is 1.96. The summed E-state index contributed by atoms with van der Waals surface area (Å²) in [5.74, 6) is 0. The van der Waals surface area contributed by atoms with Crippen LogP contribution in [0.15, 0.2) is 0 Å². The van der Waals surface area contributed by atoms with Crippen LogP contribution in [0.5, 0.6) is 0 Å². The molecule has 0 aromatic heterocycles.